The zero-order valence-corrected chi connectivity index (χ0v) is 27.5. The Morgan fingerprint density at radius 2 is 1.52 bits per heavy atom. The van der Waals surface area contributed by atoms with Crippen molar-refractivity contribution >= 4 is 17.8 Å². The third-order valence-corrected chi connectivity index (χ3v) is 11.4. The molecule has 44 heavy (non-hydrogen) atoms. The highest BCUT2D eigenvalue weighted by atomic mass is 16.6. The van der Waals surface area contributed by atoms with Crippen molar-refractivity contribution in [3.05, 3.63) is 71.3 Å². The van der Waals surface area contributed by atoms with Gasteiger partial charge >= 0.3 is 12.1 Å². The molecule has 238 valence electrons. The van der Waals surface area contributed by atoms with E-state index in [2.05, 4.69) is 32.9 Å². The lowest BCUT2D eigenvalue weighted by Gasteiger charge is -2.58. The molecule has 5 rings (SSSR count). The first-order valence-corrected chi connectivity index (χ1v) is 16.5. The topological polar surface area (TPSA) is 83.9 Å². The normalized spacial score (nSPS) is 28.0. The Balaban J connectivity index is 1.29. The number of ether oxygens (including phenoxy) is 1. The van der Waals surface area contributed by atoms with Crippen LogP contribution in [0.25, 0.3) is 0 Å². The van der Waals surface area contributed by atoms with Crippen LogP contribution >= 0.6 is 0 Å². The molecule has 2 aromatic carbocycles. The quantitative estimate of drug-likeness (QED) is 0.358. The Morgan fingerprint density at radius 3 is 2.11 bits per heavy atom. The van der Waals surface area contributed by atoms with E-state index in [9.17, 15) is 19.5 Å². The van der Waals surface area contributed by atoms with Gasteiger partial charge in [-0.25, -0.2) is 9.59 Å². The maximum Gasteiger partial charge on any atom is 0.410 e. The molecular formula is C38H51NO5. The Kier molecular flexibility index (Phi) is 8.78. The Labute approximate surface area is 263 Å². The summed E-state index contributed by atoms with van der Waals surface area (Å²) in [5.74, 6) is 0.724. The van der Waals surface area contributed by atoms with Crippen molar-refractivity contribution in [2.45, 2.75) is 110 Å². The molecule has 1 saturated heterocycles. The highest BCUT2D eigenvalue weighted by molar-refractivity contribution is 5.91. The lowest BCUT2D eigenvalue weighted by atomic mass is 9.46. The van der Waals surface area contributed by atoms with E-state index < -0.39 is 17.0 Å². The third-order valence-electron chi connectivity index (χ3n) is 11.4. The van der Waals surface area contributed by atoms with Crippen molar-refractivity contribution < 1.29 is 24.2 Å². The van der Waals surface area contributed by atoms with Crippen LogP contribution in [0.5, 0.6) is 0 Å². The molecule has 3 aliphatic rings. The van der Waals surface area contributed by atoms with Crippen molar-refractivity contribution in [1.29, 1.82) is 0 Å². The van der Waals surface area contributed by atoms with Crippen molar-refractivity contribution in [3.8, 4) is 0 Å². The van der Waals surface area contributed by atoms with Crippen LogP contribution in [0.3, 0.4) is 0 Å². The van der Waals surface area contributed by atoms with Crippen LogP contribution in [0.2, 0.25) is 0 Å². The Bertz CT molecular complexity index is 1350. The van der Waals surface area contributed by atoms with Crippen LogP contribution < -0.4 is 0 Å². The minimum atomic E-state index is -0.887. The van der Waals surface area contributed by atoms with Crippen molar-refractivity contribution in [1.82, 2.24) is 4.90 Å². The summed E-state index contributed by atoms with van der Waals surface area (Å²) in [6.07, 6.45) is 6.94. The van der Waals surface area contributed by atoms with Gasteiger partial charge in [-0.1, -0.05) is 63.2 Å². The number of benzene rings is 2. The number of carboxylic acids is 1. The smallest absolute Gasteiger partial charge is 0.410 e. The highest BCUT2D eigenvalue weighted by Gasteiger charge is 2.54. The molecule has 0 aromatic heterocycles. The zero-order chi connectivity index (χ0) is 31.9. The molecule has 3 fully saturated rings. The molecule has 0 spiro atoms. The van der Waals surface area contributed by atoms with Crippen molar-refractivity contribution in [2.24, 2.45) is 22.7 Å². The fourth-order valence-electron chi connectivity index (χ4n) is 9.26. The number of carboxylic acid groups (broad SMARTS) is 1. The van der Waals surface area contributed by atoms with Gasteiger partial charge in [-0.15, -0.1) is 0 Å². The molecule has 0 bridgehead atoms. The van der Waals surface area contributed by atoms with E-state index >= 15 is 0 Å². The number of carbonyl (C=O) groups is 3. The Hall–Kier alpha value is -3.15. The average Bonchev–Trinajstić information content (AvgIpc) is 2.96. The van der Waals surface area contributed by atoms with Gasteiger partial charge in [0.15, 0.2) is 0 Å². The van der Waals surface area contributed by atoms with Crippen LogP contribution in [-0.2, 0) is 14.9 Å². The number of hydrogen-bond donors (Lipinski definition) is 1. The maximum absolute atomic E-state index is 14.4. The van der Waals surface area contributed by atoms with Gasteiger partial charge in [-0.3, -0.25) is 4.79 Å². The summed E-state index contributed by atoms with van der Waals surface area (Å²) in [5, 5.41) is 9.35. The molecule has 1 aliphatic heterocycles. The number of aromatic carboxylic acids is 1. The predicted molar refractivity (Wildman–Crippen MR) is 173 cm³/mol. The third kappa shape index (κ3) is 6.32. The van der Waals surface area contributed by atoms with Crippen LogP contribution in [0.15, 0.2) is 54.6 Å². The molecule has 4 atom stereocenters. The molecule has 2 aliphatic carbocycles. The number of ketones is 1. The van der Waals surface area contributed by atoms with E-state index in [1.807, 2.05) is 51.1 Å². The number of Topliss-reactive ketones (excluding diaryl/α,β-unsaturated/α-hetero) is 1. The molecule has 1 amide bonds. The molecule has 2 unspecified atom stereocenters. The summed E-state index contributed by atoms with van der Waals surface area (Å²) in [6.45, 7) is 13.9. The summed E-state index contributed by atoms with van der Waals surface area (Å²) in [4.78, 5) is 40.4. The van der Waals surface area contributed by atoms with Crippen LogP contribution in [0.1, 0.15) is 120 Å². The van der Waals surface area contributed by atoms with E-state index in [4.69, 9.17) is 4.74 Å². The van der Waals surface area contributed by atoms with Crippen LogP contribution in [-0.4, -0.2) is 46.5 Å². The van der Waals surface area contributed by atoms with Crippen molar-refractivity contribution in [2.75, 3.05) is 13.1 Å². The predicted octanol–water partition coefficient (Wildman–Crippen LogP) is 8.64. The summed E-state index contributed by atoms with van der Waals surface area (Å²) in [6, 6.07) is 17.7. The van der Waals surface area contributed by atoms with Crippen LogP contribution in [0, 0.1) is 22.7 Å². The summed E-state index contributed by atoms with van der Waals surface area (Å²) in [5.41, 5.74) is 1.77. The lowest BCUT2D eigenvalue weighted by Crippen LogP contribution is -2.51. The van der Waals surface area contributed by atoms with Gasteiger partial charge in [0.2, 0.25) is 0 Å². The first kappa shape index (κ1) is 32.2. The van der Waals surface area contributed by atoms with Crippen molar-refractivity contribution in [3.63, 3.8) is 0 Å². The monoisotopic (exact) mass is 601 g/mol. The molecule has 1 N–H and O–H groups in total. The molecule has 2 aromatic rings. The fraction of sp³-hybridized carbons (Fsp3) is 0.605. The van der Waals surface area contributed by atoms with Gasteiger partial charge in [0, 0.05) is 19.5 Å². The minimum Gasteiger partial charge on any atom is -0.478 e. The van der Waals surface area contributed by atoms with E-state index in [1.165, 1.54) is 5.56 Å². The zero-order valence-electron chi connectivity index (χ0n) is 27.5. The maximum atomic E-state index is 14.4. The number of piperidine rings is 1. The average molecular weight is 602 g/mol. The number of fused-ring (bicyclic) bond motifs is 1. The number of rotatable bonds is 6. The van der Waals surface area contributed by atoms with Gasteiger partial charge in [0.25, 0.3) is 0 Å². The van der Waals surface area contributed by atoms with E-state index in [0.717, 1.165) is 37.7 Å². The fourth-order valence-corrected chi connectivity index (χ4v) is 9.26. The standard InChI is InChI=1S/C38H51NO5/c1-35(2,3)44-34(43)39-22-20-38(21-23-39,29-10-8-7-9-11-29)32(40)24-26-12-17-31-36(4,5)30(18-19-37(31,6)25-26)27-13-15-28(16-14-27)33(41)42/h7-11,13-16,26,30-31H,12,17-25H2,1-6H3,(H,41,42)/t26?,30-,31?,37-/m1/s1. The Morgan fingerprint density at radius 1 is 0.886 bits per heavy atom. The van der Waals surface area contributed by atoms with Gasteiger partial charge in [0.1, 0.15) is 11.4 Å². The first-order chi connectivity index (χ1) is 20.6. The first-order valence-electron chi connectivity index (χ1n) is 16.5. The largest absolute Gasteiger partial charge is 0.478 e. The minimum absolute atomic E-state index is 0.0759. The number of carbonyl (C=O) groups excluding carboxylic acids is 2. The van der Waals surface area contributed by atoms with Gasteiger partial charge in [-0.05, 0) is 118 Å². The SMILES string of the molecule is CC(C)(C)OC(=O)N1CCC(C(=O)CC2CCC3C(C)(C)[C@@H](c4ccc(C(=O)O)cc4)CC[C@]3(C)C2)(c2ccccc2)CC1. The summed E-state index contributed by atoms with van der Waals surface area (Å²) >= 11 is 0. The molecule has 1 heterocycles. The number of amides is 1. The summed E-state index contributed by atoms with van der Waals surface area (Å²) in [7, 11) is 0. The van der Waals surface area contributed by atoms with Gasteiger partial charge in [-0.2, -0.15) is 0 Å². The molecular weight excluding hydrogens is 550 g/mol. The molecule has 6 heteroatoms. The van der Waals surface area contributed by atoms with Gasteiger partial charge < -0.3 is 14.7 Å². The second kappa shape index (κ2) is 12.0. The number of likely N-dealkylation sites (tertiary alicyclic amines) is 1. The van der Waals surface area contributed by atoms with E-state index in [1.54, 1.807) is 17.0 Å². The van der Waals surface area contributed by atoms with E-state index in [-0.39, 0.29) is 16.9 Å². The number of nitrogens with zero attached hydrogens (tertiary/aromatic N) is 1. The van der Waals surface area contributed by atoms with Gasteiger partial charge in [0.05, 0.1) is 11.0 Å². The molecule has 0 radical (unpaired) electrons. The van der Waals surface area contributed by atoms with E-state index in [0.29, 0.717) is 61.5 Å². The lowest BCUT2D eigenvalue weighted by molar-refractivity contribution is -0.129. The molecule has 6 nitrogen and oxygen atoms in total. The summed E-state index contributed by atoms with van der Waals surface area (Å²) < 4.78 is 5.64. The second-order valence-corrected chi connectivity index (χ2v) is 15.7. The van der Waals surface area contributed by atoms with Crippen LogP contribution in [0.4, 0.5) is 4.79 Å². The highest BCUT2D eigenvalue weighted by Crippen LogP contribution is 2.63. The number of hydrogen-bond acceptors (Lipinski definition) is 4. The second-order valence-electron chi connectivity index (χ2n) is 15.7. The molecule has 2 saturated carbocycles.